The molecule has 0 aliphatic carbocycles. The SMILES string of the molecule is CCCCCCCCCCCCN.Cl.c1ccccc1. The molecule has 0 aliphatic heterocycles. The van der Waals surface area contributed by atoms with Gasteiger partial charge in [0.15, 0.2) is 0 Å². The van der Waals surface area contributed by atoms with Gasteiger partial charge in [0, 0.05) is 0 Å². The third-order valence-electron chi connectivity index (χ3n) is 3.22. The number of benzene rings is 1. The molecular weight excluding hydrogens is 266 g/mol. The van der Waals surface area contributed by atoms with Crippen molar-refractivity contribution in [1.82, 2.24) is 0 Å². The van der Waals surface area contributed by atoms with Gasteiger partial charge in [-0.3, -0.25) is 0 Å². The summed E-state index contributed by atoms with van der Waals surface area (Å²) in [5.74, 6) is 0. The summed E-state index contributed by atoms with van der Waals surface area (Å²) >= 11 is 0. The van der Waals surface area contributed by atoms with Gasteiger partial charge in [0.05, 0.1) is 0 Å². The fourth-order valence-corrected chi connectivity index (χ4v) is 2.02. The van der Waals surface area contributed by atoms with Crippen LogP contribution in [-0.4, -0.2) is 6.54 Å². The van der Waals surface area contributed by atoms with Gasteiger partial charge in [0.1, 0.15) is 0 Å². The summed E-state index contributed by atoms with van der Waals surface area (Å²) in [7, 11) is 0. The highest BCUT2D eigenvalue weighted by Crippen LogP contribution is 2.09. The molecule has 0 fully saturated rings. The second kappa shape index (κ2) is 20.8. The van der Waals surface area contributed by atoms with Gasteiger partial charge in [-0.25, -0.2) is 0 Å². The zero-order chi connectivity index (χ0) is 14.0. The first kappa shape index (κ1) is 21.8. The predicted molar refractivity (Wildman–Crippen MR) is 94.6 cm³/mol. The smallest absolute Gasteiger partial charge is 0.00773 e. The maximum atomic E-state index is 5.42. The lowest BCUT2D eigenvalue weighted by Gasteiger charge is -2.00. The van der Waals surface area contributed by atoms with Crippen LogP contribution in [0.25, 0.3) is 0 Å². The minimum atomic E-state index is 0. The quantitative estimate of drug-likeness (QED) is 0.529. The zero-order valence-corrected chi connectivity index (χ0v) is 14.0. The molecule has 0 saturated carbocycles. The van der Waals surface area contributed by atoms with Crippen molar-refractivity contribution in [2.24, 2.45) is 5.73 Å². The standard InChI is InChI=1S/C12H27N.C6H6.ClH/c1-2-3-4-5-6-7-8-9-10-11-12-13;1-2-4-6-5-3-1;/h2-13H2,1H3;1-6H;1H. The normalized spacial score (nSPS) is 9.30. The van der Waals surface area contributed by atoms with Crippen LogP contribution in [0.1, 0.15) is 71.1 Å². The summed E-state index contributed by atoms with van der Waals surface area (Å²) in [6, 6.07) is 12.0. The number of rotatable bonds is 10. The van der Waals surface area contributed by atoms with Crippen molar-refractivity contribution in [3.05, 3.63) is 36.4 Å². The molecule has 118 valence electrons. The Kier molecular flexibility index (Phi) is 22.6. The van der Waals surface area contributed by atoms with Crippen molar-refractivity contribution in [3.8, 4) is 0 Å². The molecule has 2 heteroatoms. The highest BCUT2D eigenvalue weighted by atomic mass is 35.5. The van der Waals surface area contributed by atoms with Crippen LogP contribution in [0.5, 0.6) is 0 Å². The molecule has 0 atom stereocenters. The molecule has 0 radical (unpaired) electrons. The van der Waals surface area contributed by atoms with Crippen molar-refractivity contribution in [3.63, 3.8) is 0 Å². The molecule has 0 spiro atoms. The predicted octanol–water partition coefficient (Wildman–Crippen LogP) is 5.97. The van der Waals surface area contributed by atoms with Crippen molar-refractivity contribution in [2.75, 3.05) is 6.54 Å². The Labute approximate surface area is 132 Å². The average molecular weight is 300 g/mol. The summed E-state index contributed by atoms with van der Waals surface area (Å²) in [4.78, 5) is 0. The van der Waals surface area contributed by atoms with E-state index in [9.17, 15) is 0 Å². The molecule has 0 amide bonds. The molecule has 0 heterocycles. The lowest BCUT2D eigenvalue weighted by Crippen LogP contribution is -1.97. The third-order valence-corrected chi connectivity index (χ3v) is 3.22. The molecule has 1 nitrogen and oxygen atoms in total. The second-order valence-corrected chi connectivity index (χ2v) is 5.13. The van der Waals surface area contributed by atoms with E-state index in [0.29, 0.717) is 0 Å². The van der Waals surface area contributed by atoms with Gasteiger partial charge in [-0.15, -0.1) is 12.4 Å². The average Bonchev–Trinajstić information content (AvgIpc) is 2.48. The van der Waals surface area contributed by atoms with Crippen LogP contribution in [-0.2, 0) is 0 Å². The molecular formula is C18H34ClN. The minimum absolute atomic E-state index is 0. The fourth-order valence-electron chi connectivity index (χ4n) is 2.02. The Morgan fingerprint density at radius 2 is 0.850 bits per heavy atom. The molecule has 0 aromatic heterocycles. The Hall–Kier alpha value is -0.530. The van der Waals surface area contributed by atoms with E-state index in [-0.39, 0.29) is 12.4 Å². The minimum Gasteiger partial charge on any atom is -0.330 e. The van der Waals surface area contributed by atoms with E-state index in [1.165, 1.54) is 64.2 Å². The summed E-state index contributed by atoms with van der Waals surface area (Å²) in [5, 5.41) is 0. The first-order valence-corrected chi connectivity index (χ1v) is 8.12. The molecule has 1 aromatic carbocycles. The van der Waals surface area contributed by atoms with Crippen LogP contribution >= 0.6 is 12.4 Å². The molecule has 0 bridgehead atoms. The Balaban J connectivity index is 0. The number of nitrogens with two attached hydrogens (primary N) is 1. The van der Waals surface area contributed by atoms with E-state index in [1.54, 1.807) is 0 Å². The Bertz CT molecular complexity index is 202. The maximum Gasteiger partial charge on any atom is -0.00773 e. The van der Waals surface area contributed by atoms with Crippen LogP contribution in [0, 0.1) is 0 Å². The number of halogens is 1. The first-order valence-electron chi connectivity index (χ1n) is 8.12. The Morgan fingerprint density at radius 1 is 0.550 bits per heavy atom. The molecule has 1 rings (SSSR count). The highest BCUT2D eigenvalue weighted by Gasteiger charge is 1.91. The van der Waals surface area contributed by atoms with Gasteiger partial charge >= 0.3 is 0 Å². The number of hydrogen-bond acceptors (Lipinski definition) is 1. The summed E-state index contributed by atoms with van der Waals surface area (Å²) in [5.41, 5.74) is 5.42. The lowest BCUT2D eigenvalue weighted by molar-refractivity contribution is 0.558. The van der Waals surface area contributed by atoms with Crippen molar-refractivity contribution in [2.45, 2.75) is 71.1 Å². The van der Waals surface area contributed by atoms with E-state index >= 15 is 0 Å². The fraction of sp³-hybridized carbons (Fsp3) is 0.667. The maximum absolute atomic E-state index is 5.42. The molecule has 0 saturated heterocycles. The van der Waals surface area contributed by atoms with Gasteiger partial charge in [-0.1, -0.05) is 101 Å². The van der Waals surface area contributed by atoms with Gasteiger partial charge in [0.25, 0.3) is 0 Å². The van der Waals surface area contributed by atoms with Crippen LogP contribution in [0.2, 0.25) is 0 Å². The van der Waals surface area contributed by atoms with E-state index in [2.05, 4.69) is 6.92 Å². The second-order valence-electron chi connectivity index (χ2n) is 5.13. The van der Waals surface area contributed by atoms with Crippen molar-refractivity contribution < 1.29 is 0 Å². The van der Waals surface area contributed by atoms with Gasteiger partial charge in [0.2, 0.25) is 0 Å². The third kappa shape index (κ3) is 19.8. The summed E-state index contributed by atoms with van der Waals surface area (Å²) in [6.07, 6.45) is 13.9. The van der Waals surface area contributed by atoms with E-state index in [4.69, 9.17) is 5.73 Å². The van der Waals surface area contributed by atoms with E-state index < -0.39 is 0 Å². The molecule has 20 heavy (non-hydrogen) atoms. The number of unbranched alkanes of at least 4 members (excludes halogenated alkanes) is 9. The zero-order valence-electron chi connectivity index (χ0n) is 13.2. The van der Waals surface area contributed by atoms with Gasteiger partial charge in [-0.2, -0.15) is 0 Å². The summed E-state index contributed by atoms with van der Waals surface area (Å²) < 4.78 is 0. The van der Waals surface area contributed by atoms with Crippen LogP contribution < -0.4 is 5.73 Å². The first-order chi connectivity index (χ1) is 9.41. The molecule has 0 aliphatic rings. The van der Waals surface area contributed by atoms with E-state index in [1.807, 2.05) is 36.4 Å². The highest BCUT2D eigenvalue weighted by molar-refractivity contribution is 5.85. The largest absolute Gasteiger partial charge is 0.330 e. The number of hydrogen-bond donors (Lipinski definition) is 1. The Morgan fingerprint density at radius 3 is 1.15 bits per heavy atom. The lowest BCUT2D eigenvalue weighted by atomic mass is 10.1. The van der Waals surface area contributed by atoms with Crippen molar-refractivity contribution >= 4 is 12.4 Å². The van der Waals surface area contributed by atoms with Crippen LogP contribution in [0.3, 0.4) is 0 Å². The molecule has 0 unspecified atom stereocenters. The topological polar surface area (TPSA) is 26.0 Å². The molecule has 1 aromatic rings. The summed E-state index contributed by atoms with van der Waals surface area (Å²) in [6.45, 7) is 3.14. The van der Waals surface area contributed by atoms with Crippen molar-refractivity contribution in [1.29, 1.82) is 0 Å². The van der Waals surface area contributed by atoms with Gasteiger partial charge in [-0.05, 0) is 13.0 Å². The van der Waals surface area contributed by atoms with Crippen LogP contribution in [0.15, 0.2) is 36.4 Å². The van der Waals surface area contributed by atoms with Crippen LogP contribution in [0.4, 0.5) is 0 Å². The van der Waals surface area contributed by atoms with E-state index in [0.717, 1.165) is 6.54 Å². The monoisotopic (exact) mass is 299 g/mol. The molecule has 2 N–H and O–H groups in total. The van der Waals surface area contributed by atoms with Gasteiger partial charge < -0.3 is 5.73 Å².